The van der Waals surface area contributed by atoms with Crippen LogP contribution in [0.1, 0.15) is 6.42 Å². The summed E-state index contributed by atoms with van der Waals surface area (Å²) in [5.74, 6) is -1.24. The molecular weight excluding hydrogens is 262 g/mol. The van der Waals surface area contributed by atoms with E-state index in [0.717, 1.165) is 11.2 Å². The van der Waals surface area contributed by atoms with Crippen molar-refractivity contribution in [3.63, 3.8) is 0 Å². The maximum absolute atomic E-state index is 11.6. The highest BCUT2D eigenvalue weighted by Crippen LogP contribution is 2.24. The summed E-state index contributed by atoms with van der Waals surface area (Å²) in [6.07, 6.45) is 1.41. The van der Waals surface area contributed by atoms with Gasteiger partial charge in [-0.25, -0.2) is 18.0 Å². The molecule has 0 aromatic carbocycles. The Balaban J connectivity index is 2.85. The van der Waals surface area contributed by atoms with Gasteiger partial charge >= 0.3 is 12.1 Å². The Morgan fingerprint density at radius 3 is 2.61 bits per heavy atom. The molecule has 0 radical (unpaired) electrons. The highest BCUT2D eigenvalue weighted by Gasteiger charge is 2.44. The number of hydrogen-bond acceptors (Lipinski definition) is 5. The number of rotatable bonds is 4. The third-order valence-corrected chi connectivity index (χ3v) is 4.26. The Morgan fingerprint density at radius 2 is 2.17 bits per heavy atom. The van der Waals surface area contributed by atoms with E-state index < -0.39 is 33.2 Å². The molecule has 0 unspecified atom stereocenters. The van der Waals surface area contributed by atoms with Crippen LogP contribution >= 0.6 is 0 Å². The molecule has 0 bridgehead atoms. The fraction of sp³-hybridized carbons (Fsp3) is 0.600. The molecule has 0 spiro atoms. The molecule has 18 heavy (non-hydrogen) atoms. The van der Waals surface area contributed by atoms with Gasteiger partial charge in [-0.3, -0.25) is 4.90 Å². The number of nitrogens with zero attached hydrogens (tertiary/aromatic N) is 1. The summed E-state index contributed by atoms with van der Waals surface area (Å²) in [6, 6.07) is -1.16. The van der Waals surface area contributed by atoms with Gasteiger partial charge < -0.3 is 9.84 Å². The molecule has 1 aliphatic heterocycles. The number of ether oxygens (including phenoxy) is 1. The van der Waals surface area contributed by atoms with Gasteiger partial charge in [0, 0.05) is 12.8 Å². The van der Waals surface area contributed by atoms with Gasteiger partial charge in [-0.15, -0.1) is 0 Å². The Morgan fingerprint density at radius 1 is 1.56 bits per heavy atom. The van der Waals surface area contributed by atoms with Crippen molar-refractivity contribution >= 4 is 21.9 Å². The van der Waals surface area contributed by atoms with E-state index in [1.807, 2.05) is 0 Å². The van der Waals surface area contributed by atoms with Crippen molar-refractivity contribution in [2.45, 2.75) is 17.7 Å². The van der Waals surface area contributed by atoms with Gasteiger partial charge in [0.1, 0.15) is 12.6 Å². The molecule has 102 valence electrons. The van der Waals surface area contributed by atoms with E-state index in [1.54, 1.807) is 0 Å². The van der Waals surface area contributed by atoms with E-state index in [1.165, 1.54) is 6.08 Å². The second kappa shape index (κ2) is 5.38. The van der Waals surface area contributed by atoms with Crippen LogP contribution in [-0.2, 0) is 19.4 Å². The number of likely N-dealkylation sites (tertiary alicyclic amines) is 1. The first kappa shape index (κ1) is 14.5. The highest BCUT2D eigenvalue weighted by molar-refractivity contribution is 7.91. The Bertz CT molecular complexity index is 457. The number of hydrogen-bond donors (Lipinski definition) is 1. The van der Waals surface area contributed by atoms with Crippen molar-refractivity contribution in [1.29, 1.82) is 0 Å². The maximum Gasteiger partial charge on any atom is 0.410 e. The molecule has 2 atom stereocenters. The molecule has 1 rings (SSSR count). The fourth-order valence-corrected chi connectivity index (χ4v) is 2.72. The summed E-state index contributed by atoms with van der Waals surface area (Å²) in [4.78, 5) is 23.5. The topological polar surface area (TPSA) is 101 Å². The summed E-state index contributed by atoms with van der Waals surface area (Å²) >= 11 is 0. The normalized spacial score (nSPS) is 23.7. The lowest BCUT2D eigenvalue weighted by molar-refractivity contribution is -0.141. The summed E-state index contributed by atoms with van der Waals surface area (Å²) in [7, 11) is -3.39. The monoisotopic (exact) mass is 277 g/mol. The zero-order chi connectivity index (χ0) is 13.9. The molecular formula is C10H15NO6S. The number of carboxylic acids is 1. The number of carbonyl (C=O) groups excluding carboxylic acids is 1. The summed E-state index contributed by atoms with van der Waals surface area (Å²) in [6.45, 7) is 3.15. The molecule has 0 saturated carbocycles. The molecule has 0 aliphatic carbocycles. The quantitative estimate of drug-likeness (QED) is 0.719. The van der Waals surface area contributed by atoms with Crippen LogP contribution in [0.3, 0.4) is 0 Å². The lowest BCUT2D eigenvalue weighted by Crippen LogP contribution is -2.41. The SMILES string of the molecule is C=CCOC(=O)N1C[C@H](S(C)(=O)=O)C[C@H]1C(=O)O. The van der Waals surface area contributed by atoms with Crippen LogP contribution in [0.25, 0.3) is 0 Å². The molecule has 0 aromatic rings. The number of sulfone groups is 1. The van der Waals surface area contributed by atoms with Crippen molar-refractivity contribution < 1.29 is 27.9 Å². The van der Waals surface area contributed by atoms with Crippen molar-refractivity contribution in [2.75, 3.05) is 19.4 Å². The van der Waals surface area contributed by atoms with Gasteiger partial charge in [-0.1, -0.05) is 12.7 Å². The lowest BCUT2D eigenvalue weighted by atomic mass is 10.2. The van der Waals surface area contributed by atoms with Crippen LogP contribution in [0.2, 0.25) is 0 Å². The minimum absolute atomic E-state index is 0.0504. The third kappa shape index (κ3) is 3.22. The predicted molar refractivity (Wildman–Crippen MR) is 62.9 cm³/mol. The molecule has 1 fully saturated rings. The summed E-state index contributed by atoms with van der Waals surface area (Å²) in [5.41, 5.74) is 0. The van der Waals surface area contributed by atoms with E-state index in [-0.39, 0.29) is 19.6 Å². The molecule has 1 aliphatic rings. The van der Waals surface area contributed by atoms with Gasteiger partial charge in [-0.2, -0.15) is 0 Å². The van der Waals surface area contributed by atoms with Gasteiger partial charge in [0.05, 0.1) is 5.25 Å². The molecule has 1 saturated heterocycles. The first-order chi connectivity index (χ1) is 8.27. The van der Waals surface area contributed by atoms with E-state index in [2.05, 4.69) is 6.58 Å². The number of aliphatic carboxylic acids is 1. The van der Waals surface area contributed by atoms with Crippen molar-refractivity contribution in [2.24, 2.45) is 0 Å². The minimum Gasteiger partial charge on any atom is -0.480 e. The van der Waals surface area contributed by atoms with E-state index in [9.17, 15) is 18.0 Å². The van der Waals surface area contributed by atoms with Crippen LogP contribution in [0.5, 0.6) is 0 Å². The van der Waals surface area contributed by atoms with E-state index >= 15 is 0 Å². The van der Waals surface area contributed by atoms with E-state index in [4.69, 9.17) is 9.84 Å². The lowest BCUT2D eigenvalue weighted by Gasteiger charge is -2.20. The zero-order valence-electron chi connectivity index (χ0n) is 9.90. The van der Waals surface area contributed by atoms with Crippen molar-refractivity contribution in [3.8, 4) is 0 Å². The number of carboxylic acid groups (broad SMARTS) is 1. The average molecular weight is 277 g/mol. The summed E-state index contributed by atoms with van der Waals surface area (Å²) in [5, 5.41) is 8.11. The Hall–Kier alpha value is -1.57. The molecule has 0 aromatic heterocycles. The van der Waals surface area contributed by atoms with Crippen LogP contribution in [0.4, 0.5) is 4.79 Å². The molecule has 8 heteroatoms. The van der Waals surface area contributed by atoms with Gasteiger partial charge in [0.25, 0.3) is 0 Å². The van der Waals surface area contributed by atoms with Gasteiger partial charge in [0.2, 0.25) is 0 Å². The average Bonchev–Trinajstić information content (AvgIpc) is 2.70. The maximum atomic E-state index is 11.6. The van der Waals surface area contributed by atoms with Gasteiger partial charge in [-0.05, 0) is 6.42 Å². The minimum atomic E-state index is -3.39. The third-order valence-electron chi connectivity index (χ3n) is 2.71. The highest BCUT2D eigenvalue weighted by atomic mass is 32.2. The first-order valence-electron chi connectivity index (χ1n) is 5.23. The van der Waals surface area contributed by atoms with Crippen LogP contribution in [0.15, 0.2) is 12.7 Å². The Kier molecular flexibility index (Phi) is 4.33. The molecule has 1 heterocycles. The molecule has 1 amide bonds. The number of carbonyl (C=O) groups is 2. The van der Waals surface area contributed by atoms with Crippen LogP contribution < -0.4 is 0 Å². The Labute approximate surface area is 105 Å². The predicted octanol–water partition coefficient (Wildman–Crippen LogP) is -0.119. The van der Waals surface area contributed by atoms with Gasteiger partial charge in [0.15, 0.2) is 9.84 Å². The van der Waals surface area contributed by atoms with Crippen LogP contribution in [-0.4, -0.2) is 61.2 Å². The summed E-state index contributed by atoms with van der Waals surface area (Å²) < 4.78 is 27.5. The second-order valence-corrected chi connectivity index (χ2v) is 6.38. The largest absolute Gasteiger partial charge is 0.480 e. The fourth-order valence-electron chi connectivity index (χ4n) is 1.76. The zero-order valence-corrected chi connectivity index (χ0v) is 10.7. The molecule has 1 N–H and O–H groups in total. The van der Waals surface area contributed by atoms with Crippen LogP contribution in [0, 0.1) is 0 Å². The van der Waals surface area contributed by atoms with Crippen molar-refractivity contribution in [1.82, 2.24) is 4.90 Å². The number of amides is 1. The van der Waals surface area contributed by atoms with E-state index in [0.29, 0.717) is 0 Å². The standard InChI is InChI=1S/C10H15NO6S/c1-3-4-17-10(14)11-6-7(18(2,15)16)5-8(11)9(12)13/h3,7-8H,1,4-6H2,2H3,(H,12,13)/t7-,8+/m1/s1. The molecule has 7 nitrogen and oxygen atoms in total. The second-order valence-electron chi connectivity index (χ2n) is 4.06. The first-order valence-corrected chi connectivity index (χ1v) is 7.18. The smallest absolute Gasteiger partial charge is 0.410 e. The van der Waals surface area contributed by atoms with Crippen molar-refractivity contribution in [3.05, 3.63) is 12.7 Å².